The first-order valence-corrected chi connectivity index (χ1v) is 8.32. The second kappa shape index (κ2) is 8.73. The summed E-state index contributed by atoms with van der Waals surface area (Å²) in [5.74, 6) is -0.0424. The molecule has 0 bridgehead atoms. The highest BCUT2D eigenvalue weighted by Crippen LogP contribution is 2.22. The molecule has 124 valence electrons. The van der Waals surface area contributed by atoms with Crippen molar-refractivity contribution in [2.75, 3.05) is 17.2 Å². The van der Waals surface area contributed by atoms with Crippen LogP contribution in [0.4, 0.5) is 11.4 Å². The molecule has 0 atom stereocenters. The van der Waals surface area contributed by atoms with E-state index in [4.69, 9.17) is 5.26 Å². The largest absolute Gasteiger partial charge is 0.384 e. The van der Waals surface area contributed by atoms with Crippen LogP contribution in [0.1, 0.15) is 37.0 Å². The summed E-state index contributed by atoms with van der Waals surface area (Å²) in [4.78, 5) is 12.0. The Morgan fingerprint density at radius 2 is 1.67 bits per heavy atom. The van der Waals surface area contributed by atoms with E-state index >= 15 is 0 Å². The van der Waals surface area contributed by atoms with Crippen molar-refractivity contribution in [1.82, 2.24) is 0 Å². The monoisotopic (exact) mass is 321 g/mol. The molecule has 0 radical (unpaired) electrons. The smallest absolute Gasteiger partial charge is 0.226 e. The molecule has 0 saturated heterocycles. The molecule has 0 saturated carbocycles. The van der Waals surface area contributed by atoms with Gasteiger partial charge in [0.15, 0.2) is 0 Å². The summed E-state index contributed by atoms with van der Waals surface area (Å²) in [6, 6.07) is 15.3. The van der Waals surface area contributed by atoms with Crippen molar-refractivity contribution in [1.29, 1.82) is 5.26 Å². The molecule has 2 N–H and O–H groups in total. The van der Waals surface area contributed by atoms with Crippen molar-refractivity contribution < 1.29 is 4.79 Å². The Hall–Kier alpha value is -2.80. The fraction of sp³-hybridized carbons (Fsp3) is 0.300. The van der Waals surface area contributed by atoms with Gasteiger partial charge in [-0.1, -0.05) is 32.0 Å². The summed E-state index contributed by atoms with van der Waals surface area (Å²) < 4.78 is 0. The first-order chi connectivity index (χ1) is 11.7. The van der Waals surface area contributed by atoms with Crippen LogP contribution in [0.3, 0.4) is 0 Å². The van der Waals surface area contributed by atoms with E-state index in [1.807, 2.05) is 0 Å². The average Bonchev–Trinajstić information content (AvgIpc) is 2.62. The molecule has 2 aromatic rings. The summed E-state index contributed by atoms with van der Waals surface area (Å²) >= 11 is 0. The number of rotatable bonds is 7. The van der Waals surface area contributed by atoms with Crippen LogP contribution in [-0.2, 0) is 17.6 Å². The number of aryl methyl sites for hydroxylation is 2. The molecule has 0 aliphatic heterocycles. The third kappa shape index (κ3) is 4.60. The van der Waals surface area contributed by atoms with Gasteiger partial charge >= 0.3 is 0 Å². The van der Waals surface area contributed by atoms with Gasteiger partial charge in [-0.15, -0.1) is 0 Å². The van der Waals surface area contributed by atoms with Gasteiger partial charge in [-0.3, -0.25) is 4.79 Å². The van der Waals surface area contributed by atoms with E-state index in [0.29, 0.717) is 24.2 Å². The van der Waals surface area contributed by atoms with Crippen LogP contribution in [-0.4, -0.2) is 12.5 Å². The van der Waals surface area contributed by atoms with Gasteiger partial charge in [-0.2, -0.15) is 5.26 Å². The van der Waals surface area contributed by atoms with E-state index < -0.39 is 0 Å². The minimum Gasteiger partial charge on any atom is -0.384 e. The number of nitriles is 1. The third-order valence-corrected chi connectivity index (χ3v) is 3.95. The Labute approximate surface area is 143 Å². The van der Waals surface area contributed by atoms with Gasteiger partial charge in [-0.05, 0) is 48.2 Å². The van der Waals surface area contributed by atoms with E-state index in [2.05, 4.69) is 48.7 Å². The number of carbonyl (C=O) groups is 1. The zero-order valence-electron chi connectivity index (χ0n) is 14.2. The van der Waals surface area contributed by atoms with Gasteiger partial charge in [-0.25, -0.2) is 0 Å². The molecule has 2 rings (SSSR count). The maximum Gasteiger partial charge on any atom is 0.226 e. The maximum absolute atomic E-state index is 12.0. The lowest BCUT2D eigenvalue weighted by molar-refractivity contribution is -0.115. The molecule has 0 spiro atoms. The average molecular weight is 321 g/mol. The molecular formula is C20H23N3O. The van der Waals surface area contributed by atoms with E-state index in [9.17, 15) is 4.79 Å². The first kappa shape index (κ1) is 17.6. The van der Waals surface area contributed by atoms with Gasteiger partial charge in [0.05, 0.1) is 11.6 Å². The van der Waals surface area contributed by atoms with Gasteiger partial charge in [0.1, 0.15) is 0 Å². The number of anilines is 2. The van der Waals surface area contributed by atoms with Gasteiger partial charge in [0, 0.05) is 24.3 Å². The summed E-state index contributed by atoms with van der Waals surface area (Å²) in [6.45, 7) is 4.86. The summed E-state index contributed by atoms with van der Waals surface area (Å²) in [5.41, 5.74) is 5.01. The number of hydrogen-bond acceptors (Lipinski definition) is 3. The summed E-state index contributed by atoms with van der Waals surface area (Å²) in [7, 11) is 0. The topological polar surface area (TPSA) is 64.9 Å². The second-order valence-corrected chi connectivity index (χ2v) is 5.57. The van der Waals surface area contributed by atoms with E-state index in [0.717, 1.165) is 18.5 Å². The van der Waals surface area contributed by atoms with Crippen molar-refractivity contribution in [3.63, 3.8) is 0 Å². The van der Waals surface area contributed by atoms with Gasteiger partial charge in [0.2, 0.25) is 5.91 Å². The van der Waals surface area contributed by atoms with Crippen LogP contribution < -0.4 is 10.6 Å². The Bertz CT molecular complexity index is 707. The molecule has 0 heterocycles. The molecule has 0 aliphatic carbocycles. The number of nitrogens with zero attached hydrogens (tertiary/aromatic N) is 1. The molecule has 24 heavy (non-hydrogen) atoms. The normalized spacial score (nSPS) is 10.0. The molecule has 4 heteroatoms. The summed E-state index contributed by atoms with van der Waals surface area (Å²) in [5, 5.41) is 15.0. The van der Waals surface area contributed by atoms with Crippen LogP contribution in [0.15, 0.2) is 42.5 Å². The minimum absolute atomic E-state index is 0.0424. The predicted octanol–water partition coefficient (Wildman–Crippen LogP) is 4.12. The van der Waals surface area contributed by atoms with Crippen molar-refractivity contribution in [3.8, 4) is 6.07 Å². The molecule has 2 aromatic carbocycles. The van der Waals surface area contributed by atoms with Crippen molar-refractivity contribution in [2.24, 2.45) is 0 Å². The van der Waals surface area contributed by atoms with Gasteiger partial charge < -0.3 is 10.6 Å². The first-order valence-electron chi connectivity index (χ1n) is 8.32. The molecule has 0 aromatic heterocycles. The van der Waals surface area contributed by atoms with Crippen LogP contribution >= 0.6 is 0 Å². The third-order valence-electron chi connectivity index (χ3n) is 3.95. The Kier molecular flexibility index (Phi) is 6.39. The van der Waals surface area contributed by atoms with Gasteiger partial charge in [0.25, 0.3) is 0 Å². The van der Waals surface area contributed by atoms with Crippen LogP contribution in [0.25, 0.3) is 0 Å². The Morgan fingerprint density at radius 1 is 1.04 bits per heavy atom. The molecule has 0 unspecified atom stereocenters. The number of carbonyl (C=O) groups excluding carboxylic acids is 1. The number of nitrogens with one attached hydrogen (secondary N) is 2. The quantitative estimate of drug-likeness (QED) is 0.806. The lowest BCUT2D eigenvalue weighted by atomic mass is 10.0. The molecule has 1 amide bonds. The Balaban J connectivity index is 1.90. The highest BCUT2D eigenvalue weighted by atomic mass is 16.1. The van der Waals surface area contributed by atoms with Crippen molar-refractivity contribution in [2.45, 2.75) is 33.1 Å². The molecular weight excluding hydrogens is 298 g/mol. The van der Waals surface area contributed by atoms with E-state index in [-0.39, 0.29) is 5.91 Å². The van der Waals surface area contributed by atoms with E-state index in [1.54, 1.807) is 24.3 Å². The van der Waals surface area contributed by atoms with Crippen molar-refractivity contribution in [3.05, 3.63) is 59.2 Å². The van der Waals surface area contributed by atoms with Crippen LogP contribution in [0, 0.1) is 11.3 Å². The van der Waals surface area contributed by atoms with E-state index in [1.165, 1.54) is 11.1 Å². The number of hydrogen-bond donors (Lipinski definition) is 2. The highest BCUT2D eigenvalue weighted by molar-refractivity contribution is 5.91. The highest BCUT2D eigenvalue weighted by Gasteiger charge is 2.07. The standard InChI is InChI=1S/C20H23N3O/c1-3-16-6-5-7-17(4-2)20(16)22-13-12-19(24)23-18-10-8-15(14-21)9-11-18/h5-11,22H,3-4,12-13H2,1-2H3,(H,23,24). The van der Waals surface area contributed by atoms with Crippen LogP contribution in [0.5, 0.6) is 0 Å². The minimum atomic E-state index is -0.0424. The fourth-order valence-electron chi connectivity index (χ4n) is 2.62. The van der Waals surface area contributed by atoms with Crippen molar-refractivity contribution >= 4 is 17.3 Å². The molecule has 0 aliphatic rings. The maximum atomic E-state index is 12.0. The summed E-state index contributed by atoms with van der Waals surface area (Å²) in [6.07, 6.45) is 2.32. The SMILES string of the molecule is CCc1cccc(CC)c1NCCC(=O)Nc1ccc(C#N)cc1. The number of para-hydroxylation sites is 1. The fourth-order valence-corrected chi connectivity index (χ4v) is 2.62. The predicted molar refractivity (Wildman–Crippen MR) is 98.1 cm³/mol. The molecule has 4 nitrogen and oxygen atoms in total. The zero-order chi connectivity index (χ0) is 17.4. The number of benzene rings is 2. The zero-order valence-corrected chi connectivity index (χ0v) is 14.2. The lowest BCUT2D eigenvalue weighted by Crippen LogP contribution is -2.17. The number of amides is 1. The Morgan fingerprint density at radius 3 is 2.21 bits per heavy atom. The lowest BCUT2D eigenvalue weighted by Gasteiger charge is -2.15. The van der Waals surface area contributed by atoms with Crippen LogP contribution in [0.2, 0.25) is 0 Å². The molecule has 0 fully saturated rings. The second-order valence-electron chi connectivity index (χ2n) is 5.57.